The Bertz CT molecular complexity index is 700. The molecule has 2 N–H and O–H groups in total. The quantitative estimate of drug-likeness (QED) is 0.839. The zero-order valence-electron chi connectivity index (χ0n) is 13.8. The van der Waals surface area contributed by atoms with E-state index >= 15 is 0 Å². The van der Waals surface area contributed by atoms with Crippen molar-refractivity contribution in [1.82, 2.24) is 19.7 Å². The molecule has 0 aliphatic heterocycles. The van der Waals surface area contributed by atoms with E-state index in [-0.39, 0.29) is 17.9 Å². The van der Waals surface area contributed by atoms with Gasteiger partial charge in [0.25, 0.3) is 0 Å². The van der Waals surface area contributed by atoms with Crippen LogP contribution in [0.4, 0.5) is 30.6 Å². The zero-order chi connectivity index (χ0) is 17.9. The van der Waals surface area contributed by atoms with Gasteiger partial charge in [-0.15, -0.1) is 0 Å². The lowest BCUT2D eigenvalue weighted by Gasteiger charge is -2.13. The Morgan fingerprint density at radius 2 is 2.04 bits per heavy atom. The van der Waals surface area contributed by atoms with Crippen molar-refractivity contribution in [1.29, 1.82) is 0 Å². The first-order valence-electron chi connectivity index (χ1n) is 7.20. The Morgan fingerprint density at radius 1 is 1.33 bits per heavy atom. The number of rotatable bonds is 6. The summed E-state index contributed by atoms with van der Waals surface area (Å²) >= 11 is 0. The van der Waals surface area contributed by atoms with Crippen LogP contribution in [0.1, 0.15) is 18.2 Å². The van der Waals surface area contributed by atoms with Crippen LogP contribution < -0.4 is 10.6 Å². The van der Waals surface area contributed by atoms with Crippen molar-refractivity contribution in [3.05, 3.63) is 23.7 Å². The molecule has 7 nitrogen and oxygen atoms in total. The van der Waals surface area contributed by atoms with Crippen molar-refractivity contribution in [3.63, 3.8) is 0 Å². The molecule has 0 saturated heterocycles. The van der Waals surface area contributed by atoms with Gasteiger partial charge < -0.3 is 15.4 Å². The van der Waals surface area contributed by atoms with Crippen molar-refractivity contribution >= 4 is 17.5 Å². The van der Waals surface area contributed by atoms with Crippen LogP contribution in [0.25, 0.3) is 0 Å². The summed E-state index contributed by atoms with van der Waals surface area (Å²) in [7, 11) is 2.98. The van der Waals surface area contributed by atoms with E-state index in [9.17, 15) is 13.2 Å². The van der Waals surface area contributed by atoms with Crippen LogP contribution in [0.2, 0.25) is 0 Å². The molecule has 2 heterocycles. The topological polar surface area (TPSA) is 76.9 Å². The zero-order valence-corrected chi connectivity index (χ0v) is 13.8. The van der Waals surface area contributed by atoms with E-state index in [0.29, 0.717) is 12.2 Å². The molecule has 0 unspecified atom stereocenters. The molecule has 0 aliphatic rings. The lowest BCUT2D eigenvalue weighted by molar-refractivity contribution is -0.137. The minimum atomic E-state index is -4.52. The number of nitrogens with zero attached hydrogens (tertiary/aromatic N) is 4. The van der Waals surface area contributed by atoms with Gasteiger partial charge in [0.1, 0.15) is 11.4 Å². The molecule has 0 saturated carbocycles. The summed E-state index contributed by atoms with van der Waals surface area (Å²) in [5.74, 6) is -0.243. The van der Waals surface area contributed by atoms with Gasteiger partial charge in [-0.2, -0.15) is 23.3 Å². The van der Waals surface area contributed by atoms with Gasteiger partial charge >= 0.3 is 6.18 Å². The Morgan fingerprint density at radius 3 is 2.62 bits per heavy atom. The number of hydrogen-bond donors (Lipinski definition) is 2. The molecule has 0 spiro atoms. The summed E-state index contributed by atoms with van der Waals surface area (Å²) in [6.45, 7) is 4.30. The van der Waals surface area contributed by atoms with Crippen LogP contribution in [0.3, 0.4) is 0 Å². The normalized spacial score (nSPS) is 13.0. The summed E-state index contributed by atoms with van der Waals surface area (Å²) in [6.07, 6.45) is -2.23. The molecule has 2 aromatic rings. The lowest BCUT2D eigenvalue weighted by atomic mass is 10.3. The fraction of sp³-hybridized carbons (Fsp3) is 0.500. The fourth-order valence-corrected chi connectivity index (χ4v) is 2.03. The molecule has 0 bridgehead atoms. The van der Waals surface area contributed by atoms with Crippen molar-refractivity contribution in [2.45, 2.75) is 32.7 Å². The molecule has 0 fully saturated rings. The van der Waals surface area contributed by atoms with Crippen LogP contribution in [0.5, 0.6) is 0 Å². The molecule has 132 valence electrons. The summed E-state index contributed by atoms with van der Waals surface area (Å²) in [4.78, 5) is 7.60. The van der Waals surface area contributed by atoms with E-state index in [1.165, 1.54) is 7.05 Å². The highest BCUT2D eigenvalue weighted by atomic mass is 19.4. The van der Waals surface area contributed by atoms with E-state index in [2.05, 4.69) is 25.7 Å². The maximum absolute atomic E-state index is 12.9. The predicted octanol–water partition coefficient (Wildman–Crippen LogP) is 2.82. The number of anilines is 3. The van der Waals surface area contributed by atoms with Gasteiger partial charge in [-0.3, -0.25) is 4.68 Å². The smallest absolute Gasteiger partial charge is 0.380 e. The molecule has 10 heteroatoms. The van der Waals surface area contributed by atoms with Crippen LogP contribution in [-0.2, 0) is 17.5 Å². The summed E-state index contributed by atoms with van der Waals surface area (Å²) < 4.78 is 45.5. The second-order valence-electron chi connectivity index (χ2n) is 5.20. The highest BCUT2D eigenvalue weighted by Gasteiger charge is 2.35. The Hall–Kier alpha value is -2.36. The third kappa shape index (κ3) is 3.94. The Balaban J connectivity index is 2.23. The van der Waals surface area contributed by atoms with Crippen molar-refractivity contribution in [3.8, 4) is 0 Å². The number of ether oxygens (including phenoxy) is 1. The van der Waals surface area contributed by atoms with Gasteiger partial charge in [0.2, 0.25) is 5.95 Å². The van der Waals surface area contributed by atoms with Gasteiger partial charge in [0.05, 0.1) is 30.2 Å². The SMILES string of the molecule is CNc1nc(Nc2cnn(C[C@@H](C)OC)c2C)ncc1C(F)(F)F. The van der Waals surface area contributed by atoms with Gasteiger partial charge in [0, 0.05) is 20.4 Å². The Labute approximate surface area is 137 Å². The molecule has 0 amide bonds. The van der Waals surface area contributed by atoms with Crippen LogP contribution in [-0.4, -0.2) is 40.0 Å². The first-order valence-corrected chi connectivity index (χ1v) is 7.20. The molecular formula is C14H19F3N6O. The molecule has 2 aromatic heterocycles. The van der Waals surface area contributed by atoms with Crippen molar-refractivity contribution < 1.29 is 17.9 Å². The monoisotopic (exact) mass is 344 g/mol. The number of hydrogen-bond acceptors (Lipinski definition) is 6. The minimum Gasteiger partial charge on any atom is -0.380 e. The largest absolute Gasteiger partial charge is 0.421 e. The number of aromatic nitrogens is 4. The number of alkyl halides is 3. The Kier molecular flexibility index (Phi) is 5.27. The van der Waals surface area contributed by atoms with Gasteiger partial charge in [-0.1, -0.05) is 0 Å². The number of halogens is 3. The molecule has 0 radical (unpaired) electrons. The molecule has 24 heavy (non-hydrogen) atoms. The van der Waals surface area contributed by atoms with E-state index in [4.69, 9.17) is 4.74 Å². The van der Waals surface area contributed by atoms with Gasteiger partial charge in [-0.25, -0.2) is 4.98 Å². The predicted molar refractivity (Wildman–Crippen MR) is 83.3 cm³/mol. The van der Waals surface area contributed by atoms with E-state index in [1.807, 2.05) is 13.8 Å². The first-order chi connectivity index (χ1) is 11.3. The van der Waals surface area contributed by atoms with E-state index < -0.39 is 11.7 Å². The fourth-order valence-electron chi connectivity index (χ4n) is 2.03. The van der Waals surface area contributed by atoms with Gasteiger partial charge in [-0.05, 0) is 13.8 Å². The van der Waals surface area contributed by atoms with Crippen molar-refractivity contribution in [2.24, 2.45) is 0 Å². The number of nitrogens with one attached hydrogen (secondary N) is 2. The minimum absolute atomic E-state index is 0.0188. The second kappa shape index (κ2) is 7.04. The molecular weight excluding hydrogens is 325 g/mol. The average Bonchev–Trinajstić information content (AvgIpc) is 2.86. The maximum Gasteiger partial charge on any atom is 0.421 e. The lowest BCUT2D eigenvalue weighted by Crippen LogP contribution is -2.16. The standard InChI is InChI=1S/C14H19F3N6O/c1-8(24-4)7-23-9(2)11(6-20-23)21-13-19-5-10(14(15,16)17)12(18-3)22-13/h5-6,8H,7H2,1-4H3,(H2,18,19,21,22)/t8-/m1/s1. The maximum atomic E-state index is 12.9. The third-order valence-electron chi connectivity index (χ3n) is 3.51. The van der Waals surface area contributed by atoms with Crippen LogP contribution in [0, 0.1) is 6.92 Å². The first kappa shape index (κ1) is 18.0. The van der Waals surface area contributed by atoms with Crippen LogP contribution in [0.15, 0.2) is 12.4 Å². The van der Waals surface area contributed by atoms with Gasteiger partial charge in [0.15, 0.2) is 0 Å². The molecule has 0 aliphatic carbocycles. The van der Waals surface area contributed by atoms with Crippen molar-refractivity contribution in [2.75, 3.05) is 24.8 Å². The summed E-state index contributed by atoms with van der Waals surface area (Å²) in [5.41, 5.74) is 0.491. The molecule has 0 aromatic carbocycles. The molecule has 1 atom stereocenters. The van der Waals surface area contributed by atoms with E-state index in [0.717, 1.165) is 11.9 Å². The highest BCUT2D eigenvalue weighted by molar-refractivity contribution is 5.57. The number of methoxy groups -OCH3 is 1. The second-order valence-corrected chi connectivity index (χ2v) is 5.20. The van der Waals surface area contributed by atoms with Crippen LogP contribution >= 0.6 is 0 Å². The summed E-state index contributed by atoms with van der Waals surface area (Å²) in [6, 6.07) is 0. The summed E-state index contributed by atoms with van der Waals surface area (Å²) in [5, 5.41) is 9.54. The average molecular weight is 344 g/mol. The molecule has 2 rings (SSSR count). The third-order valence-corrected chi connectivity index (χ3v) is 3.51. The van der Waals surface area contributed by atoms with E-state index in [1.54, 1.807) is 18.0 Å². The highest BCUT2D eigenvalue weighted by Crippen LogP contribution is 2.33.